The number of rotatable bonds is 5. The van der Waals surface area contributed by atoms with E-state index in [0.29, 0.717) is 25.9 Å². The Labute approximate surface area is 209 Å². The van der Waals surface area contributed by atoms with Crippen LogP contribution in [0.25, 0.3) is 17.0 Å². The molecule has 0 saturated carbocycles. The van der Waals surface area contributed by atoms with Gasteiger partial charge in [0.25, 0.3) is 0 Å². The summed E-state index contributed by atoms with van der Waals surface area (Å²) >= 11 is 0. The van der Waals surface area contributed by atoms with E-state index in [2.05, 4.69) is 21.4 Å². The van der Waals surface area contributed by atoms with E-state index >= 15 is 0 Å². The molecule has 0 spiro atoms. The smallest absolute Gasteiger partial charge is 0.154 e. The van der Waals surface area contributed by atoms with Gasteiger partial charge in [-0.15, -0.1) is 11.7 Å². The van der Waals surface area contributed by atoms with Crippen LogP contribution in [-0.2, 0) is 0 Å². The number of benzene rings is 1. The lowest BCUT2D eigenvalue weighted by Crippen LogP contribution is -2.43. The van der Waals surface area contributed by atoms with E-state index in [1.54, 1.807) is 24.4 Å². The fourth-order valence-corrected chi connectivity index (χ4v) is 5.36. The molecule has 1 atom stereocenters. The van der Waals surface area contributed by atoms with Crippen LogP contribution in [0.5, 0.6) is 0 Å². The first-order valence-corrected chi connectivity index (χ1v) is 12.5. The molecule has 1 aromatic carbocycles. The maximum Gasteiger partial charge on any atom is 0.154 e. The molecule has 184 valence electrons. The lowest BCUT2D eigenvalue weighted by atomic mass is 9.92. The van der Waals surface area contributed by atoms with E-state index < -0.39 is 5.60 Å². The highest BCUT2D eigenvalue weighted by molar-refractivity contribution is 5.62. The van der Waals surface area contributed by atoms with Crippen LogP contribution in [0, 0.1) is 5.82 Å². The minimum atomic E-state index is -0.797. The number of aromatic nitrogens is 4. The Bertz CT molecular complexity index is 1410. The molecule has 2 aliphatic rings. The molecule has 8 heteroatoms. The van der Waals surface area contributed by atoms with E-state index in [-0.39, 0.29) is 11.9 Å². The highest BCUT2D eigenvalue weighted by Gasteiger charge is 2.30. The van der Waals surface area contributed by atoms with Gasteiger partial charge in [0, 0.05) is 19.6 Å². The molecule has 0 unspecified atom stereocenters. The van der Waals surface area contributed by atoms with Crippen molar-refractivity contribution in [2.75, 3.05) is 29.4 Å². The number of piperidine rings is 1. The standard InChI is InChI=1S/C28H29FN6O/c1-2-28(36)13-16-33(17-14-28)26-10-4-8-22(31-26)24-19-30-25-11-12-27(32-35(24)25)34-15-5-9-23(34)20-6-3-7-21(29)18-20/h2-4,6-8,10-12,18-19,23,36H,1,5,9,13-17H2/t23-/m1/s1. The van der Waals surface area contributed by atoms with Gasteiger partial charge in [-0.1, -0.05) is 24.3 Å². The van der Waals surface area contributed by atoms with Crippen molar-refractivity contribution in [2.45, 2.75) is 37.3 Å². The maximum absolute atomic E-state index is 13.9. The van der Waals surface area contributed by atoms with Crippen LogP contribution >= 0.6 is 0 Å². The largest absolute Gasteiger partial charge is 0.386 e. The van der Waals surface area contributed by atoms with Crippen molar-refractivity contribution in [3.63, 3.8) is 0 Å². The monoisotopic (exact) mass is 484 g/mol. The summed E-state index contributed by atoms with van der Waals surface area (Å²) in [6.07, 6.45) is 6.70. The number of pyridine rings is 1. The van der Waals surface area contributed by atoms with Gasteiger partial charge >= 0.3 is 0 Å². The van der Waals surface area contributed by atoms with Crippen LogP contribution in [0.1, 0.15) is 37.3 Å². The van der Waals surface area contributed by atoms with E-state index in [4.69, 9.17) is 10.1 Å². The number of halogens is 1. The van der Waals surface area contributed by atoms with Crippen LogP contribution < -0.4 is 9.80 Å². The molecule has 0 bridgehead atoms. The molecule has 2 saturated heterocycles. The number of hydrogen-bond donors (Lipinski definition) is 1. The molecule has 1 N–H and O–H groups in total. The molecule has 6 rings (SSSR count). The second-order valence-electron chi connectivity index (χ2n) is 9.69. The zero-order chi connectivity index (χ0) is 24.7. The first kappa shape index (κ1) is 22.7. The minimum Gasteiger partial charge on any atom is -0.386 e. The van der Waals surface area contributed by atoms with Crippen molar-refractivity contribution >= 4 is 17.3 Å². The van der Waals surface area contributed by atoms with Crippen molar-refractivity contribution < 1.29 is 9.50 Å². The molecule has 0 aliphatic carbocycles. The Balaban J connectivity index is 1.31. The van der Waals surface area contributed by atoms with Crippen molar-refractivity contribution in [2.24, 2.45) is 0 Å². The molecule has 7 nitrogen and oxygen atoms in total. The highest BCUT2D eigenvalue weighted by Crippen LogP contribution is 2.36. The number of anilines is 2. The third-order valence-electron chi connectivity index (χ3n) is 7.46. The molecule has 2 aliphatic heterocycles. The summed E-state index contributed by atoms with van der Waals surface area (Å²) in [5.41, 5.74) is 2.53. The summed E-state index contributed by atoms with van der Waals surface area (Å²) in [6.45, 7) is 6.06. The summed E-state index contributed by atoms with van der Waals surface area (Å²) in [5, 5.41) is 15.4. The molecule has 0 amide bonds. The van der Waals surface area contributed by atoms with Gasteiger partial charge in [0.2, 0.25) is 0 Å². The van der Waals surface area contributed by atoms with Gasteiger partial charge in [-0.05, 0) is 67.6 Å². The van der Waals surface area contributed by atoms with E-state index in [1.165, 1.54) is 6.07 Å². The lowest BCUT2D eigenvalue weighted by molar-refractivity contribution is 0.0649. The zero-order valence-electron chi connectivity index (χ0n) is 20.1. The van der Waals surface area contributed by atoms with Crippen LogP contribution in [0.15, 0.2) is 73.4 Å². The molecule has 0 radical (unpaired) electrons. The van der Waals surface area contributed by atoms with Gasteiger partial charge in [-0.2, -0.15) is 0 Å². The average Bonchev–Trinajstić information content (AvgIpc) is 3.56. The first-order chi connectivity index (χ1) is 17.5. The summed E-state index contributed by atoms with van der Waals surface area (Å²) in [5.74, 6) is 1.49. The minimum absolute atomic E-state index is 0.0902. The van der Waals surface area contributed by atoms with Gasteiger partial charge in [0.15, 0.2) is 5.65 Å². The van der Waals surface area contributed by atoms with Gasteiger partial charge in [0.1, 0.15) is 23.1 Å². The lowest BCUT2D eigenvalue weighted by Gasteiger charge is -2.37. The van der Waals surface area contributed by atoms with Gasteiger partial charge in [0.05, 0.1) is 23.5 Å². The maximum atomic E-state index is 13.9. The molecule has 4 aromatic rings. The Hall–Kier alpha value is -3.78. The van der Waals surface area contributed by atoms with Crippen molar-refractivity contribution in [1.82, 2.24) is 19.6 Å². The van der Waals surface area contributed by atoms with Crippen LogP contribution in [0.3, 0.4) is 0 Å². The Morgan fingerprint density at radius 1 is 1.03 bits per heavy atom. The fraction of sp³-hybridized carbons (Fsp3) is 0.321. The summed E-state index contributed by atoms with van der Waals surface area (Å²) in [7, 11) is 0. The van der Waals surface area contributed by atoms with E-state index in [0.717, 1.165) is 53.6 Å². The quantitative estimate of drug-likeness (QED) is 0.411. The number of imidazole rings is 1. The fourth-order valence-electron chi connectivity index (χ4n) is 5.36. The van der Waals surface area contributed by atoms with Gasteiger partial charge in [-0.3, -0.25) is 0 Å². The van der Waals surface area contributed by atoms with Crippen molar-refractivity contribution in [3.8, 4) is 11.4 Å². The third-order valence-corrected chi connectivity index (χ3v) is 7.46. The highest BCUT2D eigenvalue weighted by atomic mass is 19.1. The normalized spacial score (nSPS) is 19.7. The van der Waals surface area contributed by atoms with Crippen LogP contribution in [0.2, 0.25) is 0 Å². The van der Waals surface area contributed by atoms with E-state index in [1.807, 2.05) is 40.9 Å². The molecule has 2 fully saturated rings. The van der Waals surface area contributed by atoms with Crippen LogP contribution in [-0.4, -0.2) is 49.9 Å². The molecule has 3 aromatic heterocycles. The number of aliphatic hydroxyl groups is 1. The average molecular weight is 485 g/mol. The predicted molar refractivity (Wildman–Crippen MR) is 139 cm³/mol. The zero-order valence-corrected chi connectivity index (χ0v) is 20.1. The molecular weight excluding hydrogens is 455 g/mol. The molecule has 5 heterocycles. The van der Waals surface area contributed by atoms with Crippen molar-refractivity contribution in [3.05, 3.63) is 84.8 Å². The Morgan fingerprint density at radius 2 is 1.86 bits per heavy atom. The second kappa shape index (κ2) is 9.02. The predicted octanol–water partition coefficient (Wildman–Crippen LogP) is 4.79. The van der Waals surface area contributed by atoms with Gasteiger partial charge < -0.3 is 14.9 Å². The number of fused-ring (bicyclic) bond motifs is 1. The summed E-state index contributed by atoms with van der Waals surface area (Å²) < 4.78 is 15.7. The summed E-state index contributed by atoms with van der Waals surface area (Å²) in [4.78, 5) is 13.9. The number of nitrogens with zero attached hydrogens (tertiary/aromatic N) is 6. The third kappa shape index (κ3) is 4.11. The second-order valence-corrected chi connectivity index (χ2v) is 9.69. The Morgan fingerprint density at radius 3 is 2.67 bits per heavy atom. The van der Waals surface area contributed by atoms with Crippen molar-refractivity contribution in [1.29, 1.82) is 0 Å². The Kier molecular flexibility index (Phi) is 5.68. The first-order valence-electron chi connectivity index (χ1n) is 12.5. The SMILES string of the molecule is C=CC1(O)CCN(c2cccc(-c3cnc4ccc(N5CCC[C@@H]5c5cccc(F)c5)nn34)n2)CC1. The van der Waals surface area contributed by atoms with Crippen LogP contribution in [0.4, 0.5) is 16.0 Å². The van der Waals surface area contributed by atoms with E-state index in [9.17, 15) is 9.50 Å². The topological polar surface area (TPSA) is 69.8 Å². The van der Waals surface area contributed by atoms with Gasteiger partial charge in [-0.25, -0.2) is 18.9 Å². The molecule has 36 heavy (non-hydrogen) atoms. The summed E-state index contributed by atoms with van der Waals surface area (Å²) in [6, 6.07) is 16.9. The number of hydrogen-bond acceptors (Lipinski definition) is 6. The molecular formula is C28H29FN6O.